The van der Waals surface area contributed by atoms with Crippen molar-refractivity contribution in [3.63, 3.8) is 0 Å². The molecule has 142 valence electrons. The lowest BCUT2D eigenvalue weighted by atomic mass is 10.1. The van der Waals surface area contributed by atoms with Crippen LogP contribution in [-0.2, 0) is 21.0 Å². The number of nitrogens with zero attached hydrogens (tertiary/aromatic N) is 3. The lowest BCUT2D eigenvalue weighted by Crippen LogP contribution is -2.32. The van der Waals surface area contributed by atoms with E-state index in [9.17, 15) is 26.9 Å². The summed E-state index contributed by atoms with van der Waals surface area (Å²) < 4.78 is 74.9. The average molecular weight is 395 g/mol. The second-order valence-corrected chi connectivity index (χ2v) is 8.31. The molecule has 7 nitrogen and oxygen atoms in total. The van der Waals surface area contributed by atoms with Gasteiger partial charge in [-0.3, -0.25) is 4.79 Å². The van der Waals surface area contributed by atoms with Crippen molar-refractivity contribution in [3.05, 3.63) is 35.5 Å². The van der Waals surface area contributed by atoms with Crippen LogP contribution in [0.3, 0.4) is 0 Å². The van der Waals surface area contributed by atoms with Crippen molar-refractivity contribution in [1.82, 2.24) is 10.1 Å². The molecule has 0 atom stereocenters. The minimum Gasteiger partial charge on any atom is -0.380 e. The van der Waals surface area contributed by atoms with Gasteiger partial charge in [0.1, 0.15) is 5.82 Å². The first kappa shape index (κ1) is 18.6. The largest absolute Gasteiger partial charge is 0.471 e. The van der Waals surface area contributed by atoms with Crippen LogP contribution in [0.15, 0.2) is 27.1 Å². The summed E-state index contributed by atoms with van der Waals surface area (Å²) in [6.45, 7) is 0.571. The Labute approximate surface area is 145 Å². The Morgan fingerprint density at radius 3 is 2.54 bits per heavy atom. The summed E-state index contributed by atoms with van der Waals surface area (Å²) >= 11 is 0. The fraction of sp³-hybridized carbons (Fsp3) is 0.357. The minimum atomic E-state index is -4.85. The van der Waals surface area contributed by atoms with E-state index >= 15 is 0 Å². The van der Waals surface area contributed by atoms with Crippen LogP contribution in [0.5, 0.6) is 0 Å². The summed E-state index contributed by atoms with van der Waals surface area (Å²) in [4.78, 5) is 15.2. The Bertz CT molecular complexity index is 887. The molecule has 1 N–H and O–H groups in total. The Morgan fingerprint density at radius 2 is 1.96 bits per heavy atom. The third kappa shape index (κ3) is 3.97. The van der Waals surface area contributed by atoms with Gasteiger partial charge in [-0.15, -0.1) is 0 Å². The summed E-state index contributed by atoms with van der Waals surface area (Å²) in [5.74, 6) is -3.55. The number of aromatic nitrogens is 2. The van der Waals surface area contributed by atoms with Crippen LogP contribution in [0.25, 0.3) is 11.4 Å². The van der Waals surface area contributed by atoms with E-state index < -0.39 is 39.7 Å². The molecule has 0 aliphatic carbocycles. The average Bonchev–Trinajstić information content (AvgIpc) is 3.05. The summed E-state index contributed by atoms with van der Waals surface area (Å²) in [5, 5.41) is 3.09. The molecule has 1 saturated heterocycles. The standard InChI is InChI=1S/C14H13F4N3O4S/c15-10-7-8(12(22)21-26(23)5-3-24-4-6-26)1-2-9(10)11-19-13(25-20-11)14(16,17)18/h1-2,7,26H,3-6H2,(H,21,22,23). The normalized spacial score (nSPS) is 18.3. The quantitative estimate of drug-likeness (QED) is 0.599. The smallest absolute Gasteiger partial charge is 0.380 e. The number of thiol groups is 1. The van der Waals surface area contributed by atoms with Crippen LogP contribution >= 0.6 is 0 Å². The maximum Gasteiger partial charge on any atom is 0.471 e. The molecule has 3 rings (SSSR count). The topological polar surface area (TPSA) is 97.8 Å². The molecule has 12 heteroatoms. The first-order valence-corrected chi connectivity index (χ1v) is 9.40. The van der Waals surface area contributed by atoms with Crippen molar-refractivity contribution in [3.8, 4) is 11.4 Å². The fourth-order valence-electron chi connectivity index (χ4n) is 2.24. The molecule has 0 unspecified atom stereocenters. The number of alkyl halides is 3. The first-order chi connectivity index (χ1) is 12.2. The zero-order valence-electron chi connectivity index (χ0n) is 13.0. The van der Waals surface area contributed by atoms with Crippen LogP contribution in [0.4, 0.5) is 17.6 Å². The highest BCUT2D eigenvalue weighted by atomic mass is 32.3. The number of amides is 1. The van der Waals surface area contributed by atoms with E-state index in [0.717, 1.165) is 12.1 Å². The number of hydrogen-bond donors (Lipinski definition) is 2. The molecule has 0 bridgehead atoms. The zero-order valence-corrected chi connectivity index (χ0v) is 13.9. The van der Waals surface area contributed by atoms with Gasteiger partial charge in [0.15, 0.2) is 0 Å². The van der Waals surface area contributed by atoms with Crippen LogP contribution in [0, 0.1) is 5.82 Å². The molecule has 0 spiro atoms. The molecule has 1 aromatic carbocycles. The van der Waals surface area contributed by atoms with Crippen LogP contribution in [-0.4, -0.2) is 45.3 Å². The van der Waals surface area contributed by atoms with E-state index in [1.54, 1.807) is 0 Å². The number of halogens is 4. The van der Waals surface area contributed by atoms with Gasteiger partial charge in [0.2, 0.25) is 5.82 Å². The molecule has 1 aliphatic rings. The van der Waals surface area contributed by atoms with Gasteiger partial charge in [-0.05, 0) is 18.2 Å². The van der Waals surface area contributed by atoms with Crippen molar-refractivity contribution in [2.45, 2.75) is 6.18 Å². The van der Waals surface area contributed by atoms with Gasteiger partial charge in [-0.25, -0.2) is 4.39 Å². The second kappa shape index (κ2) is 6.85. The monoisotopic (exact) mass is 395 g/mol. The van der Waals surface area contributed by atoms with E-state index in [4.69, 9.17) is 4.74 Å². The van der Waals surface area contributed by atoms with E-state index in [0.29, 0.717) is 0 Å². The molecule has 0 radical (unpaired) electrons. The highest BCUT2D eigenvalue weighted by Crippen LogP contribution is 2.30. The highest BCUT2D eigenvalue weighted by molar-refractivity contribution is 8.00. The lowest BCUT2D eigenvalue weighted by Gasteiger charge is -2.27. The van der Waals surface area contributed by atoms with Crippen LogP contribution < -0.4 is 0 Å². The zero-order chi connectivity index (χ0) is 18.9. The van der Waals surface area contributed by atoms with E-state index in [1.165, 1.54) is 6.07 Å². The van der Waals surface area contributed by atoms with E-state index in [-0.39, 0.29) is 35.8 Å². The molecular weight excluding hydrogens is 382 g/mol. The summed E-state index contributed by atoms with van der Waals surface area (Å²) in [6.07, 6.45) is -4.85. The first-order valence-electron chi connectivity index (χ1n) is 7.34. The fourth-order valence-corrected chi connectivity index (χ4v) is 3.96. The molecule has 2 aromatic rings. The van der Waals surface area contributed by atoms with Gasteiger partial charge >= 0.3 is 12.1 Å². The molecule has 0 saturated carbocycles. The molecule has 1 aromatic heterocycles. The number of carbonyl (C=O) groups excluding carboxylic acids is 1. The number of hydrogen-bond acceptors (Lipinski definition) is 5. The number of rotatable bonds is 2. The Kier molecular flexibility index (Phi) is 4.90. The van der Waals surface area contributed by atoms with Gasteiger partial charge in [0.25, 0.3) is 5.91 Å². The number of carbonyl (C=O) groups is 1. The highest BCUT2D eigenvalue weighted by Gasteiger charge is 2.38. The number of ether oxygens (including phenoxy) is 1. The summed E-state index contributed by atoms with van der Waals surface area (Å²) in [7, 11) is -2.82. The predicted molar refractivity (Wildman–Crippen MR) is 83.4 cm³/mol. The third-order valence-electron chi connectivity index (χ3n) is 3.59. The van der Waals surface area contributed by atoms with Crippen molar-refractivity contribution in [2.75, 3.05) is 24.7 Å². The Hall–Kier alpha value is -2.18. The maximum absolute atomic E-state index is 14.2. The maximum atomic E-state index is 14.2. The second-order valence-electron chi connectivity index (χ2n) is 5.46. The molecule has 2 heterocycles. The van der Waals surface area contributed by atoms with Gasteiger partial charge in [0, 0.05) is 17.1 Å². The van der Waals surface area contributed by atoms with Gasteiger partial charge in [-0.2, -0.15) is 22.5 Å². The molecule has 1 aliphatic heterocycles. The van der Waals surface area contributed by atoms with Gasteiger partial charge in [-0.1, -0.05) is 15.3 Å². The van der Waals surface area contributed by atoms with Crippen molar-refractivity contribution < 1.29 is 36.2 Å². The van der Waals surface area contributed by atoms with E-state index in [1.807, 2.05) is 0 Å². The third-order valence-corrected chi connectivity index (χ3v) is 5.94. The summed E-state index contributed by atoms with van der Waals surface area (Å²) in [5.41, 5.74) is -0.508. The summed E-state index contributed by atoms with van der Waals surface area (Å²) in [6, 6.07) is 3.02. The van der Waals surface area contributed by atoms with Crippen LogP contribution in [0.1, 0.15) is 16.2 Å². The molecule has 26 heavy (non-hydrogen) atoms. The van der Waals surface area contributed by atoms with Crippen molar-refractivity contribution >= 4 is 16.0 Å². The molecule has 1 fully saturated rings. The molecule has 1 amide bonds. The Balaban J connectivity index is 1.87. The Morgan fingerprint density at radius 1 is 1.27 bits per heavy atom. The van der Waals surface area contributed by atoms with Gasteiger partial charge in [0.05, 0.1) is 18.8 Å². The van der Waals surface area contributed by atoms with Crippen molar-refractivity contribution in [2.24, 2.45) is 4.36 Å². The predicted octanol–water partition coefficient (Wildman–Crippen LogP) is 2.61. The lowest BCUT2D eigenvalue weighted by molar-refractivity contribution is -0.159. The minimum absolute atomic E-state index is 0.147. The number of benzene rings is 1. The van der Waals surface area contributed by atoms with Gasteiger partial charge < -0.3 is 13.8 Å². The SMILES string of the molecule is O=C(N=[SH]1(O)CCOCC1)c1ccc(-c2noc(C(F)(F)F)n2)c(F)c1. The van der Waals surface area contributed by atoms with Crippen molar-refractivity contribution in [1.29, 1.82) is 0 Å². The van der Waals surface area contributed by atoms with E-state index in [2.05, 4.69) is 19.0 Å². The van der Waals surface area contributed by atoms with Crippen LogP contribution in [0.2, 0.25) is 0 Å². The molecular formula is C14H13F4N3O4S.